The molecule has 2 aromatic carbocycles. The van der Waals surface area contributed by atoms with Crippen molar-refractivity contribution < 1.29 is 19.8 Å². The summed E-state index contributed by atoms with van der Waals surface area (Å²) in [4.78, 5) is 27.5. The summed E-state index contributed by atoms with van der Waals surface area (Å²) < 4.78 is 2.83. The Morgan fingerprint density at radius 3 is 2.66 bits per heavy atom. The van der Waals surface area contributed by atoms with Gasteiger partial charge in [-0.1, -0.05) is 29.5 Å². The first-order valence-corrected chi connectivity index (χ1v) is 9.49. The zero-order chi connectivity index (χ0) is 22.2. The van der Waals surface area contributed by atoms with Crippen LogP contribution in [0, 0.1) is 0 Å². The van der Waals surface area contributed by atoms with Gasteiger partial charge in [0.15, 0.2) is 17.1 Å². The Balaban J connectivity index is 1.61. The van der Waals surface area contributed by atoms with Crippen molar-refractivity contribution in [3.8, 4) is 22.7 Å². The minimum absolute atomic E-state index is 0.200. The maximum atomic E-state index is 12.5. The first kappa shape index (κ1) is 19.2. The van der Waals surface area contributed by atoms with Gasteiger partial charge in [0.25, 0.3) is 5.91 Å². The Hall–Kier alpha value is -4.80. The van der Waals surface area contributed by atoms with Gasteiger partial charge in [-0.2, -0.15) is 5.10 Å². The largest absolute Gasteiger partial charge is 0.505 e. The minimum atomic E-state index is -1.21. The van der Waals surface area contributed by atoms with Crippen LogP contribution in [0.2, 0.25) is 0 Å². The molecule has 0 bridgehead atoms. The fourth-order valence-corrected chi connectivity index (χ4v) is 3.46. The Kier molecular flexibility index (Phi) is 4.48. The number of carbonyl (C=O) groups excluding carboxylic acids is 1. The van der Waals surface area contributed by atoms with Gasteiger partial charge in [-0.05, 0) is 24.3 Å². The molecule has 158 valence electrons. The third-order valence-corrected chi connectivity index (χ3v) is 4.92. The van der Waals surface area contributed by atoms with Crippen LogP contribution in [0.25, 0.3) is 33.4 Å². The predicted octanol–water partition coefficient (Wildman–Crippen LogP) is 1.65. The second kappa shape index (κ2) is 7.47. The Morgan fingerprint density at radius 1 is 1.06 bits per heavy atom. The molecular weight excluding hydrogens is 414 g/mol. The number of aromatic nitrogens is 6. The van der Waals surface area contributed by atoms with Crippen molar-refractivity contribution in [3.63, 3.8) is 0 Å². The quantitative estimate of drug-likeness (QED) is 0.382. The Morgan fingerprint density at radius 2 is 1.88 bits per heavy atom. The first-order valence-electron chi connectivity index (χ1n) is 9.49. The van der Waals surface area contributed by atoms with Crippen molar-refractivity contribution in [1.29, 1.82) is 0 Å². The number of carboxylic acid groups (broad SMARTS) is 1. The van der Waals surface area contributed by atoms with E-state index in [1.807, 2.05) is 30.3 Å². The maximum absolute atomic E-state index is 12.5. The molecule has 1 amide bonds. The van der Waals surface area contributed by atoms with Gasteiger partial charge in [0.1, 0.15) is 18.6 Å². The first-order chi connectivity index (χ1) is 15.5. The highest BCUT2D eigenvalue weighted by molar-refractivity contribution is 6.07. The average molecular weight is 429 g/mol. The van der Waals surface area contributed by atoms with E-state index in [0.29, 0.717) is 22.1 Å². The highest BCUT2D eigenvalue weighted by Gasteiger charge is 2.22. The molecule has 0 atom stereocenters. The molecule has 11 heteroatoms. The number of rotatable bonds is 5. The number of nitrogens with zero attached hydrogens (tertiary/aromatic N) is 6. The van der Waals surface area contributed by atoms with Crippen LogP contribution in [0.1, 0.15) is 10.5 Å². The SMILES string of the molecule is O=C(O)CNC(=O)c1c(O)c2ccc(-c3cn(-c4ccccc4)nn3)cc2c2ncnn12. The molecule has 0 saturated carbocycles. The number of aromatic hydroxyl groups is 1. The number of hydrogen-bond donors (Lipinski definition) is 3. The van der Waals surface area contributed by atoms with Crippen molar-refractivity contribution >= 4 is 28.3 Å². The van der Waals surface area contributed by atoms with Gasteiger partial charge in [-0.15, -0.1) is 5.10 Å². The van der Waals surface area contributed by atoms with E-state index in [-0.39, 0.29) is 11.4 Å². The lowest BCUT2D eigenvalue weighted by molar-refractivity contribution is -0.135. The summed E-state index contributed by atoms with van der Waals surface area (Å²) in [5, 5.41) is 35.2. The Bertz CT molecular complexity index is 1490. The predicted molar refractivity (Wildman–Crippen MR) is 112 cm³/mol. The van der Waals surface area contributed by atoms with Crippen LogP contribution in [-0.2, 0) is 4.79 Å². The monoisotopic (exact) mass is 429 g/mol. The summed E-state index contributed by atoms with van der Waals surface area (Å²) in [5.41, 5.74) is 2.33. The number of carbonyl (C=O) groups is 2. The number of fused-ring (bicyclic) bond motifs is 3. The molecular formula is C21H15N7O4. The van der Waals surface area contributed by atoms with Crippen LogP contribution < -0.4 is 5.32 Å². The van der Waals surface area contributed by atoms with Gasteiger partial charge < -0.3 is 15.5 Å². The smallest absolute Gasteiger partial charge is 0.322 e. The number of carboxylic acids is 1. The van der Waals surface area contributed by atoms with Crippen molar-refractivity contribution in [2.75, 3.05) is 6.54 Å². The van der Waals surface area contributed by atoms with Gasteiger partial charge in [0.2, 0.25) is 0 Å². The molecule has 0 aliphatic rings. The molecule has 11 nitrogen and oxygen atoms in total. The van der Waals surface area contributed by atoms with E-state index in [0.717, 1.165) is 11.3 Å². The van der Waals surface area contributed by atoms with E-state index in [9.17, 15) is 14.7 Å². The summed E-state index contributed by atoms with van der Waals surface area (Å²) in [6.45, 7) is -0.595. The lowest BCUT2D eigenvalue weighted by atomic mass is 10.0. The van der Waals surface area contributed by atoms with Crippen LogP contribution in [-0.4, -0.2) is 58.2 Å². The summed E-state index contributed by atoms with van der Waals surface area (Å²) in [7, 11) is 0. The summed E-state index contributed by atoms with van der Waals surface area (Å²) >= 11 is 0. The molecule has 0 fully saturated rings. The molecule has 3 aromatic heterocycles. The zero-order valence-corrected chi connectivity index (χ0v) is 16.4. The number of pyridine rings is 1. The van der Waals surface area contributed by atoms with Crippen LogP contribution in [0.15, 0.2) is 61.1 Å². The molecule has 0 radical (unpaired) electrons. The molecule has 0 aliphatic carbocycles. The molecule has 32 heavy (non-hydrogen) atoms. The highest BCUT2D eigenvalue weighted by atomic mass is 16.4. The zero-order valence-electron chi connectivity index (χ0n) is 16.4. The van der Waals surface area contributed by atoms with Crippen molar-refractivity contribution in [2.24, 2.45) is 0 Å². The van der Waals surface area contributed by atoms with E-state index in [2.05, 4.69) is 25.7 Å². The molecule has 3 N–H and O–H groups in total. The Labute approximate surface area is 179 Å². The fraction of sp³-hybridized carbons (Fsp3) is 0.0476. The third-order valence-electron chi connectivity index (χ3n) is 4.92. The molecule has 0 spiro atoms. The van der Waals surface area contributed by atoms with Crippen LogP contribution >= 0.6 is 0 Å². The number of benzene rings is 2. The average Bonchev–Trinajstić information content (AvgIpc) is 3.48. The van der Waals surface area contributed by atoms with Gasteiger partial charge >= 0.3 is 5.97 Å². The number of nitrogens with one attached hydrogen (secondary N) is 1. The number of aliphatic carboxylic acids is 1. The van der Waals surface area contributed by atoms with Crippen LogP contribution in [0.5, 0.6) is 5.75 Å². The standard InChI is InChI=1S/C21H15N7O4/c29-17(30)9-22-21(32)18-19(31)14-7-6-12(8-15(14)20-23-11-24-28(18)20)16-10-27(26-25-16)13-4-2-1-3-5-13/h1-8,10-11,31H,9H2,(H,22,32)(H,29,30). The lowest BCUT2D eigenvalue weighted by Gasteiger charge is -2.11. The molecule has 3 heterocycles. The third kappa shape index (κ3) is 3.17. The maximum Gasteiger partial charge on any atom is 0.322 e. The fourth-order valence-electron chi connectivity index (χ4n) is 3.46. The van der Waals surface area contributed by atoms with Gasteiger partial charge in [0, 0.05) is 16.3 Å². The van der Waals surface area contributed by atoms with Crippen LogP contribution in [0.3, 0.4) is 0 Å². The second-order valence-electron chi connectivity index (χ2n) is 6.91. The topological polar surface area (TPSA) is 148 Å². The highest BCUT2D eigenvalue weighted by Crippen LogP contribution is 2.34. The molecule has 5 aromatic rings. The van der Waals surface area contributed by atoms with Gasteiger partial charge in [0.05, 0.1) is 11.9 Å². The van der Waals surface area contributed by atoms with Crippen molar-refractivity contribution in [2.45, 2.75) is 0 Å². The number of amides is 1. The minimum Gasteiger partial charge on any atom is -0.505 e. The lowest BCUT2D eigenvalue weighted by Crippen LogP contribution is -2.31. The van der Waals surface area contributed by atoms with Gasteiger partial charge in [-0.3, -0.25) is 9.59 Å². The molecule has 5 rings (SSSR count). The molecule has 0 unspecified atom stereocenters. The second-order valence-corrected chi connectivity index (χ2v) is 6.91. The van der Waals surface area contributed by atoms with E-state index >= 15 is 0 Å². The van der Waals surface area contributed by atoms with E-state index in [4.69, 9.17) is 5.11 Å². The van der Waals surface area contributed by atoms with Crippen molar-refractivity contribution in [1.82, 2.24) is 34.9 Å². The van der Waals surface area contributed by atoms with Gasteiger partial charge in [-0.25, -0.2) is 14.2 Å². The normalized spacial score (nSPS) is 11.1. The summed E-state index contributed by atoms with van der Waals surface area (Å²) in [6.07, 6.45) is 3.03. The number of para-hydroxylation sites is 1. The van der Waals surface area contributed by atoms with Crippen LogP contribution in [0.4, 0.5) is 0 Å². The van der Waals surface area contributed by atoms with E-state index in [1.165, 1.54) is 10.8 Å². The summed E-state index contributed by atoms with van der Waals surface area (Å²) in [5.74, 6) is -2.32. The van der Waals surface area contributed by atoms with E-state index < -0.39 is 18.4 Å². The summed E-state index contributed by atoms with van der Waals surface area (Å²) in [6, 6.07) is 14.7. The van der Waals surface area contributed by atoms with Crippen molar-refractivity contribution in [3.05, 3.63) is 66.7 Å². The molecule has 0 aliphatic heterocycles. The molecule has 0 saturated heterocycles. The van der Waals surface area contributed by atoms with E-state index in [1.54, 1.807) is 29.1 Å². The number of hydrogen-bond acceptors (Lipinski definition) is 7.